The molecular weight excluding hydrogens is 460 g/mol. The van der Waals surface area contributed by atoms with Crippen LogP contribution in [0.3, 0.4) is 0 Å². The standard InChI is InChI=1S/C29H32O7/c1-18-8-7-11-21(30)10-6-4-5-9-20-16-24-27(28(34-3)26(20)29(32)35-18)23(17-25(31)36-24)19-12-14-22(33-2)15-13-19/h5,9,12-16,18,23H,4,6-8,10-11,17H2,1-3H3/t18-,23+/m0/s1. The topological polar surface area (TPSA) is 88.1 Å². The summed E-state index contributed by atoms with van der Waals surface area (Å²) >= 11 is 0. The number of carbonyl (C=O) groups is 3. The minimum absolute atomic E-state index is 0.115. The van der Waals surface area contributed by atoms with E-state index in [2.05, 4.69) is 0 Å². The minimum Gasteiger partial charge on any atom is -0.497 e. The zero-order valence-corrected chi connectivity index (χ0v) is 21.0. The fourth-order valence-electron chi connectivity index (χ4n) is 4.83. The predicted molar refractivity (Wildman–Crippen MR) is 135 cm³/mol. The van der Waals surface area contributed by atoms with Crippen LogP contribution in [0, 0.1) is 0 Å². The van der Waals surface area contributed by atoms with Crippen molar-refractivity contribution in [2.24, 2.45) is 0 Å². The van der Waals surface area contributed by atoms with Gasteiger partial charge in [-0.05, 0) is 61.9 Å². The van der Waals surface area contributed by atoms with E-state index in [-0.39, 0.29) is 30.2 Å². The second kappa shape index (κ2) is 11.4. The molecule has 190 valence electrons. The smallest absolute Gasteiger partial charge is 0.342 e. The van der Waals surface area contributed by atoms with Gasteiger partial charge in [0.1, 0.15) is 28.6 Å². The number of fused-ring (bicyclic) bond motifs is 2. The third kappa shape index (κ3) is 5.61. The lowest BCUT2D eigenvalue weighted by Crippen LogP contribution is -2.24. The summed E-state index contributed by atoms with van der Waals surface area (Å²) in [5, 5.41) is 0. The van der Waals surface area contributed by atoms with Crippen LogP contribution >= 0.6 is 0 Å². The molecule has 2 heterocycles. The van der Waals surface area contributed by atoms with E-state index < -0.39 is 5.97 Å². The Bertz CT molecular complexity index is 1160. The van der Waals surface area contributed by atoms with Crippen molar-refractivity contribution in [3.05, 3.63) is 58.7 Å². The highest BCUT2D eigenvalue weighted by molar-refractivity contribution is 5.99. The molecule has 7 nitrogen and oxygen atoms in total. The van der Waals surface area contributed by atoms with E-state index >= 15 is 0 Å². The van der Waals surface area contributed by atoms with Crippen LogP contribution in [0.4, 0.5) is 0 Å². The van der Waals surface area contributed by atoms with E-state index in [1.807, 2.05) is 43.3 Å². The summed E-state index contributed by atoms with van der Waals surface area (Å²) < 4.78 is 22.5. The number of methoxy groups -OCH3 is 2. The molecule has 2 aliphatic rings. The lowest BCUT2D eigenvalue weighted by molar-refractivity contribution is -0.135. The molecule has 2 aromatic rings. The van der Waals surface area contributed by atoms with Gasteiger partial charge in [-0.25, -0.2) is 4.79 Å². The maximum atomic E-state index is 13.5. The molecule has 0 N–H and O–H groups in total. The molecule has 0 bridgehead atoms. The first kappa shape index (κ1) is 25.5. The molecule has 0 fully saturated rings. The van der Waals surface area contributed by atoms with Crippen LogP contribution in [-0.4, -0.2) is 38.0 Å². The Labute approximate surface area is 211 Å². The fourth-order valence-corrected chi connectivity index (χ4v) is 4.83. The molecule has 0 saturated carbocycles. The Morgan fingerprint density at radius 3 is 2.44 bits per heavy atom. The number of ether oxygens (including phenoxy) is 4. The van der Waals surface area contributed by atoms with Crippen molar-refractivity contribution in [3.63, 3.8) is 0 Å². The second-order valence-corrected chi connectivity index (χ2v) is 9.23. The van der Waals surface area contributed by atoms with Gasteiger partial charge in [0.25, 0.3) is 0 Å². The number of carbonyl (C=O) groups excluding carboxylic acids is 3. The molecule has 36 heavy (non-hydrogen) atoms. The largest absolute Gasteiger partial charge is 0.497 e. The van der Waals surface area contributed by atoms with Crippen molar-refractivity contribution in [1.82, 2.24) is 0 Å². The molecule has 2 atom stereocenters. The van der Waals surface area contributed by atoms with Crippen LogP contribution < -0.4 is 14.2 Å². The van der Waals surface area contributed by atoms with Gasteiger partial charge in [-0.1, -0.05) is 24.3 Å². The van der Waals surface area contributed by atoms with Gasteiger partial charge >= 0.3 is 11.9 Å². The quantitative estimate of drug-likeness (QED) is 0.405. The van der Waals surface area contributed by atoms with Gasteiger partial charge in [-0.15, -0.1) is 0 Å². The van der Waals surface area contributed by atoms with Crippen molar-refractivity contribution >= 4 is 23.8 Å². The van der Waals surface area contributed by atoms with Gasteiger partial charge < -0.3 is 18.9 Å². The average molecular weight is 493 g/mol. The SMILES string of the molecule is COc1ccc([C@H]2CC(=O)Oc3cc4c(c(OC)c32)C(=O)O[C@@H](C)CCCC(=O)CCCC=C4)cc1. The number of ketones is 1. The van der Waals surface area contributed by atoms with Crippen molar-refractivity contribution in [3.8, 4) is 17.2 Å². The van der Waals surface area contributed by atoms with Gasteiger partial charge in [0.15, 0.2) is 0 Å². The Hall–Kier alpha value is -3.61. The third-order valence-corrected chi connectivity index (χ3v) is 6.68. The third-order valence-electron chi connectivity index (χ3n) is 6.68. The van der Waals surface area contributed by atoms with E-state index in [0.717, 1.165) is 12.0 Å². The summed E-state index contributed by atoms with van der Waals surface area (Å²) in [5.41, 5.74) is 2.39. The van der Waals surface area contributed by atoms with E-state index in [0.29, 0.717) is 66.0 Å². The van der Waals surface area contributed by atoms with Crippen LogP contribution in [0.1, 0.15) is 84.8 Å². The summed E-state index contributed by atoms with van der Waals surface area (Å²) in [5.74, 6) is 0.426. The maximum Gasteiger partial charge on any atom is 0.342 e. The first-order valence-corrected chi connectivity index (χ1v) is 12.4. The zero-order chi connectivity index (χ0) is 25.7. The Morgan fingerprint density at radius 1 is 0.972 bits per heavy atom. The number of benzene rings is 2. The molecule has 0 amide bonds. The molecule has 0 aromatic heterocycles. The van der Waals surface area contributed by atoms with E-state index in [1.165, 1.54) is 7.11 Å². The van der Waals surface area contributed by atoms with Crippen molar-refractivity contribution < 1.29 is 33.3 Å². The summed E-state index contributed by atoms with van der Waals surface area (Å²) in [7, 11) is 3.11. The average Bonchev–Trinajstić information content (AvgIpc) is 2.86. The van der Waals surface area contributed by atoms with E-state index in [1.54, 1.807) is 13.2 Å². The van der Waals surface area contributed by atoms with Crippen LogP contribution in [0.15, 0.2) is 36.4 Å². The van der Waals surface area contributed by atoms with Crippen LogP contribution in [0.2, 0.25) is 0 Å². The molecule has 0 radical (unpaired) electrons. The number of rotatable bonds is 3. The van der Waals surface area contributed by atoms with Crippen molar-refractivity contribution in [2.45, 2.75) is 63.9 Å². The monoisotopic (exact) mass is 492 g/mol. The highest BCUT2D eigenvalue weighted by atomic mass is 16.5. The summed E-state index contributed by atoms with van der Waals surface area (Å²) in [6.45, 7) is 1.83. The Balaban J connectivity index is 1.84. The Morgan fingerprint density at radius 2 is 1.72 bits per heavy atom. The van der Waals surface area contributed by atoms with Gasteiger partial charge in [0, 0.05) is 24.3 Å². The summed E-state index contributed by atoms with van der Waals surface area (Å²) in [6, 6.07) is 9.19. The number of Topliss-reactive ketones (excluding diaryl/α,β-unsaturated/α-hetero) is 1. The summed E-state index contributed by atoms with van der Waals surface area (Å²) in [6.07, 6.45) is 7.20. The van der Waals surface area contributed by atoms with Crippen molar-refractivity contribution in [1.29, 1.82) is 0 Å². The summed E-state index contributed by atoms with van der Waals surface area (Å²) in [4.78, 5) is 38.1. The highest BCUT2D eigenvalue weighted by Crippen LogP contribution is 2.47. The van der Waals surface area contributed by atoms with E-state index in [9.17, 15) is 14.4 Å². The Kier molecular flexibility index (Phi) is 8.08. The molecule has 7 heteroatoms. The predicted octanol–water partition coefficient (Wildman–Crippen LogP) is 5.63. The lowest BCUT2D eigenvalue weighted by atomic mass is 9.83. The minimum atomic E-state index is -0.504. The van der Waals surface area contributed by atoms with Gasteiger partial charge in [-0.3, -0.25) is 9.59 Å². The molecule has 2 aliphatic heterocycles. The highest BCUT2D eigenvalue weighted by Gasteiger charge is 2.36. The van der Waals surface area contributed by atoms with Gasteiger partial charge in [0.05, 0.1) is 26.7 Å². The number of hydrogen-bond acceptors (Lipinski definition) is 7. The zero-order valence-electron chi connectivity index (χ0n) is 21.0. The van der Waals surface area contributed by atoms with Crippen LogP contribution in [-0.2, 0) is 14.3 Å². The van der Waals surface area contributed by atoms with E-state index in [4.69, 9.17) is 18.9 Å². The van der Waals surface area contributed by atoms with Gasteiger partial charge in [0.2, 0.25) is 0 Å². The number of cyclic esters (lactones) is 1. The molecule has 0 unspecified atom stereocenters. The maximum absolute atomic E-state index is 13.5. The number of allylic oxidation sites excluding steroid dienone is 1. The molecule has 2 aromatic carbocycles. The van der Waals surface area contributed by atoms with Crippen molar-refractivity contribution in [2.75, 3.05) is 14.2 Å². The normalized spacial score (nSPS) is 20.9. The first-order chi connectivity index (χ1) is 17.4. The number of esters is 2. The lowest BCUT2D eigenvalue weighted by Gasteiger charge is -2.29. The molecule has 0 saturated heterocycles. The fraction of sp³-hybridized carbons (Fsp3) is 0.414. The second-order valence-electron chi connectivity index (χ2n) is 9.23. The molecule has 0 aliphatic carbocycles. The number of hydrogen-bond donors (Lipinski definition) is 0. The molecule has 4 rings (SSSR count). The molecule has 0 spiro atoms. The van der Waals surface area contributed by atoms with Crippen LogP contribution in [0.25, 0.3) is 6.08 Å². The first-order valence-electron chi connectivity index (χ1n) is 12.4. The van der Waals surface area contributed by atoms with Gasteiger partial charge in [-0.2, -0.15) is 0 Å². The molecular formula is C29H32O7. The van der Waals surface area contributed by atoms with Crippen LogP contribution in [0.5, 0.6) is 17.2 Å².